The summed E-state index contributed by atoms with van der Waals surface area (Å²) in [6.07, 6.45) is 0. The van der Waals surface area contributed by atoms with Crippen molar-refractivity contribution in [2.75, 3.05) is 74.5 Å². The minimum Gasteiger partial charge on any atom is -0.497 e. The third-order valence-corrected chi connectivity index (χ3v) is 6.83. The first-order valence-corrected chi connectivity index (χ1v) is 13.7. The van der Waals surface area contributed by atoms with Crippen molar-refractivity contribution in [3.05, 3.63) is 66.2 Å². The lowest BCUT2D eigenvalue weighted by atomic mass is 10.1. The van der Waals surface area contributed by atoms with Gasteiger partial charge in [-0.05, 0) is 36.2 Å². The maximum Gasteiger partial charge on any atom is 0.323 e. The number of hydrogen-bond donors (Lipinski definition) is 3. The summed E-state index contributed by atoms with van der Waals surface area (Å²) in [5.41, 5.74) is 3.41. The van der Waals surface area contributed by atoms with Crippen molar-refractivity contribution >= 4 is 34.7 Å². The molecule has 0 radical (unpaired) electrons. The van der Waals surface area contributed by atoms with E-state index < -0.39 is 6.03 Å². The van der Waals surface area contributed by atoms with Crippen molar-refractivity contribution in [1.29, 1.82) is 0 Å². The monoisotopic (exact) mass is 561 g/mol. The summed E-state index contributed by atoms with van der Waals surface area (Å²) in [7, 11) is 4.77. The highest BCUT2D eigenvalue weighted by molar-refractivity contribution is 6.04. The van der Waals surface area contributed by atoms with Gasteiger partial charge in [-0.15, -0.1) is 0 Å². The van der Waals surface area contributed by atoms with Gasteiger partial charge in [0.25, 0.3) is 5.91 Å². The lowest BCUT2D eigenvalue weighted by Crippen LogP contribution is -2.47. The average molecular weight is 562 g/mol. The van der Waals surface area contributed by atoms with Crippen LogP contribution in [0.5, 0.6) is 17.2 Å². The van der Waals surface area contributed by atoms with Gasteiger partial charge in [0.15, 0.2) is 0 Å². The smallest absolute Gasteiger partial charge is 0.323 e. The Balaban J connectivity index is 1.51. The van der Waals surface area contributed by atoms with Crippen LogP contribution < -0.4 is 40.0 Å². The molecular formula is C31H39N5O5. The van der Waals surface area contributed by atoms with Crippen LogP contribution in [0, 0.1) is 5.92 Å². The number of rotatable bonds is 10. The number of ether oxygens (including phenoxy) is 3. The van der Waals surface area contributed by atoms with Gasteiger partial charge in [-0.1, -0.05) is 26.0 Å². The first-order chi connectivity index (χ1) is 19.8. The van der Waals surface area contributed by atoms with Crippen LogP contribution in [0.1, 0.15) is 24.2 Å². The minimum absolute atomic E-state index is 0.178. The van der Waals surface area contributed by atoms with Crippen LogP contribution in [0.25, 0.3) is 0 Å². The molecule has 1 fully saturated rings. The summed E-state index contributed by atoms with van der Waals surface area (Å²) in [6, 6.07) is 18.1. The summed E-state index contributed by atoms with van der Waals surface area (Å²) in [5.74, 6) is 2.08. The molecule has 0 saturated carbocycles. The van der Waals surface area contributed by atoms with Crippen molar-refractivity contribution in [3.8, 4) is 17.2 Å². The normalized spacial score (nSPS) is 13.0. The number of urea groups is 1. The van der Waals surface area contributed by atoms with E-state index in [2.05, 4.69) is 31.8 Å². The van der Waals surface area contributed by atoms with Crippen molar-refractivity contribution in [1.82, 2.24) is 5.32 Å². The summed E-state index contributed by atoms with van der Waals surface area (Å²) < 4.78 is 16.1. The van der Waals surface area contributed by atoms with E-state index in [1.807, 2.05) is 44.2 Å². The number of para-hydroxylation sites is 2. The zero-order valence-corrected chi connectivity index (χ0v) is 24.3. The molecule has 0 aliphatic carbocycles. The number of nitrogens with zero attached hydrogens (tertiary/aromatic N) is 2. The maximum absolute atomic E-state index is 13.3. The molecular weight excluding hydrogens is 522 g/mol. The predicted octanol–water partition coefficient (Wildman–Crippen LogP) is 5.07. The standard InChI is InChI=1S/C31H39N5O5/c1-21(2)20-32-30(37)26-18-22(33-31(38)34-23-16-24(39-3)19-25(17-23)40-4)10-11-27(26)35-12-14-36(15-13-35)28-8-6-7-9-29(28)41-5/h6-11,16-19,21H,12-15,20H2,1-5H3,(H,32,37)(H2,33,34,38). The van der Waals surface area contributed by atoms with Crippen LogP contribution in [-0.4, -0.2) is 66.0 Å². The molecule has 10 heteroatoms. The Morgan fingerprint density at radius 2 is 1.37 bits per heavy atom. The lowest BCUT2D eigenvalue weighted by molar-refractivity contribution is 0.0949. The van der Waals surface area contributed by atoms with Gasteiger partial charge < -0.3 is 40.0 Å². The molecule has 1 aliphatic rings. The van der Waals surface area contributed by atoms with Gasteiger partial charge in [0.05, 0.1) is 32.6 Å². The van der Waals surface area contributed by atoms with Gasteiger partial charge >= 0.3 is 6.03 Å². The molecule has 0 aromatic heterocycles. The van der Waals surface area contributed by atoms with Crippen LogP contribution in [0.3, 0.4) is 0 Å². The Kier molecular flexibility index (Phi) is 9.78. The SMILES string of the molecule is COc1cc(NC(=O)Nc2ccc(N3CCN(c4ccccc4OC)CC3)c(C(=O)NCC(C)C)c2)cc(OC)c1. The number of methoxy groups -OCH3 is 3. The van der Waals surface area contributed by atoms with Gasteiger partial charge in [0.2, 0.25) is 0 Å². The van der Waals surface area contributed by atoms with E-state index in [9.17, 15) is 9.59 Å². The number of amides is 3. The molecule has 4 rings (SSSR count). The first kappa shape index (κ1) is 29.4. The van der Waals surface area contributed by atoms with Gasteiger partial charge in [0.1, 0.15) is 17.2 Å². The molecule has 0 spiro atoms. The Morgan fingerprint density at radius 3 is 1.98 bits per heavy atom. The molecule has 0 unspecified atom stereocenters. The van der Waals surface area contributed by atoms with Gasteiger partial charge in [0, 0.05) is 68.0 Å². The van der Waals surface area contributed by atoms with Crippen LogP contribution >= 0.6 is 0 Å². The number of piperazine rings is 1. The van der Waals surface area contributed by atoms with Crippen LogP contribution in [0.15, 0.2) is 60.7 Å². The molecule has 3 aromatic carbocycles. The van der Waals surface area contributed by atoms with E-state index in [-0.39, 0.29) is 5.91 Å². The quantitative estimate of drug-likeness (QED) is 0.318. The number of carbonyl (C=O) groups is 2. The van der Waals surface area contributed by atoms with E-state index in [0.29, 0.717) is 40.9 Å². The highest BCUT2D eigenvalue weighted by Crippen LogP contribution is 2.31. The van der Waals surface area contributed by atoms with Gasteiger partial charge in [-0.3, -0.25) is 4.79 Å². The summed E-state index contributed by atoms with van der Waals surface area (Å²) in [6.45, 7) is 7.67. The van der Waals surface area contributed by atoms with E-state index in [1.54, 1.807) is 45.6 Å². The number of carbonyl (C=O) groups excluding carboxylic acids is 2. The van der Waals surface area contributed by atoms with E-state index in [4.69, 9.17) is 14.2 Å². The molecule has 1 aliphatic heterocycles. The van der Waals surface area contributed by atoms with E-state index in [1.165, 1.54) is 0 Å². The van der Waals surface area contributed by atoms with Crippen LogP contribution in [-0.2, 0) is 0 Å². The molecule has 218 valence electrons. The fourth-order valence-corrected chi connectivity index (χ4v) is 4.72. The third-order valence-electron chi connectivity index (χ3n) is 6.83. The second-order valence-corrected chi connectivity index (χ2v) is 10.2. The van der Waals surface area contributed by atoms with Gasteiger partial charge in [-0.25, -0.2) is 4.79 Å². The second kappa shape index (κ2) is 13.6. The van der Waals surface area contributed by atoms with Crippen molar-refractivity contribution in [2.45, 2.75) is 13.8 Å². The highest BCUT2D eigenvalue weighted by atomic mass is 16.5. The number of hydrogen-bond acceptors (Lipinski definition) is 7. The molecule has 0 bridgehead atoms. The second-order valence-electron chi connectivity index (χ2n) is 10.2. The largest absolute Gasteiger partial charge is 0.497 e. The number of benzene rings is 3. The first-order valence-electron chi connectivity index (χ1n) is 13.7. The molecule has 1 heterocycles. The molecule has 3 amide bonds. The maximum atomic E-state index is 13.3. The number of nitrogens with one attached hydrogen (secondary N) is 3. The molecule has 10 nitrogen and oxygen atoms in total. The Morgan fingerprint density at radius 1 is 0.756 bits per heavy atom. The van der Waals surface area contributed by atoms with Gasteiger partial charge in [-0.2, -0.15) is 0 Å². The van der Waals surface area contributed by atoms with Crippen molar-refractivity contribution in [3.63, 3.8) is 0 Å². The average Bonchev–Trinajstić information content (AvgIpc) is 2.99. The highest BCUT2D eigenvalue weighted by Gasteiger charge is 2.24. The van der Waals surface area contributed by atoms with Crippen molar-refractivity contribution in [2.24, 2.45) is 5.92 Å². The fourth-order valence-electron chi connectivity index (χ4n) is 4.72. The molecule has 0 atom stereocenters. The van der Waals surface area contributed by atoms with E-state index >= 15 is 0 Å². The molecule has 1 saturated heterocycles. The number of anilines is 4. The predicted molar refractivity (Wildman–Crippen MR) is 163 cm³/mol. The van der Waals surface area contributed by atoms with E-state index in [0.717, 1.165) is 43.3 Å². The lowest BCUT2D eigenvalue weighted by Gasteiger charge is -2.38. The minimum atomic E-state index is -0.452. The Hall–Kier alpha value is -4.60. The van der Waals surface area contributed by atoms with Crippen LogP contribution in [0.2, 0.25) is 0 Å². The van der Waals surface area contributed by atoms with Crippen LogP contribution in [0.4, 0.5) is 27.5 Å². The molecule has 41 heavy (non-hydrogen) atoms. The zero-order chi connectivity index (χ0) is 29.4. The summed E-state index contributed by atoms with van der Waals surface area (Å²) in [5, 5.41) is 8.67. The third kappa shape index (κ3) is 7.53. The summed E-state index contributed by atoms with van der Waals surface area (Å²) >= 11 is 0. The molecule has 3 N–H and O–H groups in total. The molecule has 3 aromatic rings. The fraction of sp³-hybridized carbons (Fsp3) is 0.355. The Bertz CT molecular complexity index is 1330. The Labute approximate surface area is 241 Å². The topological polar surface area (TPSA) is 104 Å². The summed E-state index contributed by atoms with van der Waals surface area (Å²) in [4.78, 5) is 30.7. The van der Waals surface area contributed by atoms with Crippen molar-refractivity contribution < 1.29 is 23.8 Å². The zero-order valence-electron chi connectivity index (χ0n) is 24.3.